The third-order valence-electron chi connectivity index (χ3n) is 6.24. The van der Waals surface area contributed by atoms with Crippen molar-refractivity contribution >= 4 is 50.7 Å². The zero-order valence-electron chi connectivity index (χ0n) is 21.9. The van der Waals surface area contributed by atoms with Crippen molar-refractivity contribution in [3.63, 3.8) is 0 Å². The van der Waals surface area contributed by atoms with E-state index in [9.17, 15) is 18.0 Å². The zero-order valence-corrected chi connectivity index (χ0v) is 24.2. The highest BCUT2D eigenvalue weighted by Gasteiger charge is 2.33. The number of carbonyl (C=O) groups is 2. The second-order valence-electron chi connectivity index (χ2n) is 9.10. The fourth-order valence-corrected chi connectivity index (χ4v) is 5.30. The Morgan fingerprint density at radius 3 is 2.32 bits per heavy atom. The molecule has 0 aromatic heterocycles. The van der Waals surface area contributed by atoms with Gasteiger partial charge < -0.3 is 19.7 Å². The van der Waals surface area contributed by atoms with Crippen LogP contribution in [-0.4, -0.2) is 63.2 Å². The van der Waals surface area contributed by atoms with Crippen LogP contribution >= 0.6 is 23.2 Å². The van der Waals surface area contributed by atoms with Crippen LogP contribution in [0.1, 0.15) is 39.2 Å². The van der Waals surface area contributed by atoms with Crippen molar-refractivity contribution in [2.75, 3.05) is 30.3 Å². The van der Waals surface area contributed by atoms with Gasteiger partial charge in [0.2, 0.25) is 21.8 Å². The first-order chi connectivity index (χ1) is 17.9. The van der Waals surface area contributed by atoms with Crippen LogP contribution in [0.4, 0.5) is 5.69 Å². The summed E-state index contributed by atoms with van der Waals surface area (Å²) in [6.45, 7) is 5.78. The highest BCUT2D eigenvalue weighted by molar-refractivity contribution is 7.92. The van der Waals surface area contributed by atoms with Gasteiger partial charge in [-0.05, 0) is 49.6 Å². The van der Waals surface area contributed by atoms with Crippen molar-refractivity contribution in [2.45, 2.75) is 52.2 Å². The number of nitrogens with one attached hydrogen (secondary N) is 1. The highest BCUT2D eigenvalue weighted by atomic mass is 35.5. The van der Waals surface area contributed by atoms with Gasteiger partial charge in [0.05, 0.1) is 11.9 Å². The van der Waals surface area contributed by atoms with Crippen LogP contribution in [0.15, 0.2) is 36.4 Å². The van der Waals surface area contributed by atoms with Crippen molar-refractivity contribution in [1.29, 1.82) is 0 Å². The Morgan fingerprint density at radius 2 is 1.71 bits per heavy atom. The predicted molar refractivity (Wildman–Crippen MR) is 149 cm³/mol. The van der Waals surface area contributed by atoms with Crippen molar-refractivity contribution < 1.29 is 27.5 Å². The van der Waals surface area contributed by atoms with E-state index in [0.717, 1.165) is 10.6 Å². The molecule has 208 valence electrons. The summed E-state index contributed by atoms with van der Waals surface area (Å²) in [7, 11) is -3.89. The van der Waals surface area contributed by atoms with Crippen LogP contribution in [0.5, 0.6) is 11.5 Å². The minimum atomic E-state index is -3.89. The lowest BCUT2D eigenvalue weighted by molar-refractivity contribution is -0.140. The summed E-state index contributed by atoms with van der Waals surface area (Å²) in [6.07, 6.45) is 2.04. The fraction of sp³-hybridized carbons (Fsp3) is 0.462. The third kappa shape index (κ3) is 7.45. The van der Waals surface area contributed by atoms with Crippen LogP contribution in [0.2, 0.25) is 10.0 Å². The number of amides is 2. The molecule has 0 saturated carbocycles. The molecule has 0 saturated heterocycles. The molecule has 1 N–H and O–H groups in total. The van der Waals surface area contributed by atoms with Gasteiger partial charge in [-0.3, -0.25) is 13.9 Å². The minimum absolute atomic E-state index is 0.0139. The predicted octanol–water partition coefficient (Wildman–Crippen LogP) is 4.25. The molecule has 2 aromatic rings. The van der Waals surface area contributed by atoms with Gasteiger partial charge in [-0.2, -0.15) is 0 Å². The van der Waals surface area contributed by atoms with Gasteiger partial charge in [0.15, 0.2) is 11.5 Å². The van der Waals surface area contributed by atoms with Crippen LogP contribution in [0.3, 0.4) is 0 Å². The zero-order chi connectivity index (χ0) is 28.0. The summed E-state index contributed by atoms with van der Waals surface area (Å²) < 4.78 is 37.8. The number of fused-ring (bicyclic) bond motifs is 1. The molecule has 3 rings (SSSR count). The Labute approximate surface area is 234 Å². The summed E-state index contributed by atoms with van der Waals surface area (Å²) in [5.74, 6) is -0.0152. The molecule has 2 atom stereocenters. The van der Waals surface area contributed by atoms with Gasteiger partial charge in [0.25, 0.3) is 0 Å². The Morgan fingerprint density at radius 1 is 1.03 bits per heavy atom. The molecule has 12 heteroatoms. The van der Waals surface area contributed by atoms with E-state index in [2.05, 4.69) is 5.32 Å². The summed E-state index contributed by atoms with van der Waals surface area (Å²) in [4.78, 5) is 28.4. The molecule has 0 unspecified atom stereocenters. The molecule has 38 heavy (non-hydrogen) atoms. The molecule has 0 fully saturated rings. The van der Waals surface area contributed by atoms with E-state index >= 15 is 0 Å². The van der Waals surface area contributed by atoms with Gasteiger partial charge in [-0.25, -0.2) is 8.42 Å². The van der Waals surface area contributed by atoms with E-state index < -0.39 is 28.5 Å². The van der Waals surface area contributed by atoms with Crippen LogP contribution in [0, 0.1) is 0 Å². The molecule has 0 spiro atoms. The van der Waals surface area contributed by atoms with Gasteiger partial charge in [0, 0.05) is 28.7 Å². The molecular formula is C26H33Cl2N3O6S. The first kappa shape index (κ1) is 29.9. The second-order valence-corrected chi connectivity index (χ2v) is 11.8. The molecule has 1 aliphatic rings. The minimum Gasteiger partial charge on any atom is -0.486 e. The molecular weight excluding hydrogens is 553 g/mol. The van der Waals surface area contributed by atoms with Crippen LogP contribution < -0.4 is 19.1 Å². The van der Waals surface area contributed by atoms with Crippen molar-refractivity contribution in [3.8, 4) is 11.5 Å². The molecule has 0 radical (unpaired) electrons. The topological polar surface area (TPSA) is 105 Å². The Kier molecular flexibility index (Phi) is 10.1. The summed E-state index contributed by atoms with van der Waals surface area (Å²) in [5, 5.41) is 3.69. The van der Waals surface area contributed by atoms with Gasteiger partial charge in [-0.15, -0.1) is 0 Å². The fourth-order valence-electron chi connectivity index (χ4n) is 3.99. The number of hydrogen-bond donors (Lipinski definition) is 1. The standard InChI is InChI=1S/C26H33Cl2N3O6S/c1-5-17(3)29-26(33)22(6-2)30(15-18-7-8-19(27)13-21(18)28)25(32)16-31(38(4,34)35)20-9-10-23-24(14-20)37-12-11-36-23/h7-10,13-14,17,22H,5-6,11-12,15-16H2,1-4H3,(H,29,33)/t17-,22-/m0/s1. The molecule has 2 aromatic carbocycles. The lowest BCUT2D eigenvalue weighted by Gasteiger charge is -2.33. The summed E-state index contributed by atoms with van der Waals surface area (Å²) >= 11 is 12.4. The van der Waals surface area contributed by atoms with Crippen LogP contribution in [-0.2, 0) is 26.2 Å². The Balaban J connectivity index is 1.98. The van der Waals surface area contributed by atoms with E-state index in [1.54, 1.807) is 37.3 Å². The van der Waals surface area contributed by atoms with E-state index in [4.69, 9.17) is 32.7 Å². The number of rotatable bonds is 11. The average Bonchev–Trinajstić information content (AvgIpc) is 2.87. The first-order valence-electron chi connectivity index (χ1n) is 12.4. The Hall–Kier alpha value is -2.69. The number of ether oxygens (including phenoxy) is 2. The van der Waals surface area contributed by atoms with Crippen LogP contribution in [0.25, 0.3) is 0 Å². The van der Waals surface area contributed by atoms with E-state index in [-0.39, 0.29) is 24.2 Å². The van der Waals surface area contributed by atoms with E-state index in [1.165, 1.54) is 11.0 Å². The number of sulfonamides is 1. The molecule has 9 nitrogen and oxygen atoms in total. The smallest absolute Gasteiger partial charge is 0.244 e. The molecule has 1 heterocycles. The number of halogens is 2. The number of benzene rings is 2. The van der Waals surface area contributed by atoms with Crippen molar-refractivity contribution in [3.05, 3.63) is 52.0 Å². The van der Waals surface area contributed by atoms with Crippen molar-refractivity contribution in [1.82, 2.24) is 10.2 Å². The lowest BCUT2D eigenvalue weighted by atomic mass is 10.1. The second kappa shape index (κ2) is 12.9. The molecule has 2 amide bonds. The van der Waals surface area contributed by atoms with Gasteiger partial charge >= 0.3 is 0 Å². The number of carbonyl (C=O) groups excluding carboxylic acids is 2. The maximum atomic E-state index is 13.8. The SMILES string of the molecule is CC[C@H](C)NC(=O)[C@H](CC)N(Cc1ccc(Cl)cc1Cl)C(=O)CN(c1ccc2c(c1)OCCO2)S(C)(=O)=O. The summed E-state index contributed by atoms with van der Waals surface area (Å²) in [5.41, 5.74) is 0.816. The van der Waals surface area contributed by atoms with E-state index in [1.807, 2.05) is 13.8 Å². The number of hydrogen-bond acceptors (Lipinski definition) is 6. The lowest BCUT2D eigenvalue weighted by Crippen LogP contribution is -2.53. The number of anilines is 1. The largest absolute Gasteiger partial charge is 0.486 e. The monoisotopic (exact) mass is 585 g/mol. The molecule has 0 bridgehead atoms. The quantitative estimate of drug-likeness (QED) is 0.422. The molecule has 1 aliphatic heterocycles. The third-order valence-corrected chi connectivity index (χ3v) is 7.96. The summed E-state index contributed by atoms with van der Waals surface area (Å²) in [6, 6.07) is 8.60. The first-order valence-corrected chi connectivity index (χ1v) is 15.0. The Bertz CT molecular complexity index is 1270. The van der Waals surface area contributed by atoms with Gasteiger partial charge in [-0.1, -0.05) is 43.1 Å². The number of nitrogens with zero attached hydrogens (tertiary/aromatic N) is 2. The van der Waals surface area contributed by atoms with Gasteiger partial charge in [0.1, 0.15) is 25.8 Å². The highest BCUT2D eigenvalue weighted by Crippen LogP contribution is 2.35. The van der Waals surface area contributed by atoms with E-state index in [0.29, 0.717) is 53.2 Å². The maximum absolute atomic E-state index is 13.8. The normalized spacial score (nSPS) is 14.4. The average molecular weight is 587 g/mol. The molecule has 0 aliphatic carbocycles. The maximum Gasteiger partial charge on any atom is 0.244 e. The van der Waals surface area contributed by atoms with Crippen molar-refractivity contribution in [2.24, 2.45) is 0 Å².